The Morgan fingerprint density at radius 3 is 2.48 bits per heavy atom. The van der Waals surface area contributed by atoms with Crippen LogP contribution < -0.4 is 10.1 Å². The first-order chi connectivity index (χ1) is 10.1. The summed E-state index contributed by atoms with van der Waals surface area (Å²) in [7, 11) is 3.58. The van der Waals surface area contributed by atoms with Gasteiger partial charge in [-0.1, -0.05) is 24.3 Å². The van der Waals surface area contributed by atoms with Gasteiger partial charge in [-0.2, -0.15) is 0 Å². The summed E-state index contributed by atoms with van der Waals surface area (Å²) in [6.45, 7) is 4.08. The molecular weight excluding hydrogens is 265 g/mol. The van der Waals surface area contributed by atoms with E-state index in [1.165, 1.54) is 11.6 Å². The maximum atomic E-state index is 13.9. The minimum absolute atomic E-state index is 0.0755. The molecule has 0 heterocycles. The molecule has 2 aromatic rings. The molecule has 2 nitrogen and oxygen atoms in total. The molecule has 1 unspecified atom stereocenters. The molecule has 2 rings (SSSR count). The van der Waals surface area contributed by atoms with Crippen molar-refractivity contribution in [3.63, 3.8) is 0 Å². The van der Waals surface area contributed by atoms with Crippen LogP contribution in [0.25, 0.3) is 0 Å². The van der Waals surface area contributed by atoms with Gasteiger partial charge in [0.2, 0.25) is 0 Å². The zero-order chi connectivity index (χ0) is 15.4. The van der Waals surface area contributed by atoms with Gasteiger partial charge in [-0.3, -0.25) is 0 Å². The highest BCUT2D eigenvalue weighted by Crippen LogP contribution is 2.28. The number of rotatable bonds is 5. The Morgan fingerprint density at radius 1 is 1.14 bits per heavy atom. The third kappa shape index (κ3) is 3.42. The molecule has 0 spiro atoms. The van der Waals surface area contributed by atoms with E-state index in [1.807, 2.05) is 32.2 Å². The Balaban J connectivity index is 2.34. The molecule has 1 N–H and O–H groups in total. The summed E-state index contributed by atoms with van der Waals surface area (Å²) in [5.41, 5.74) is 4.14. The number of methoxy groups -OCH3 is 1. The van der Waals surface area contributed by atoms with Gasteiger partial charge in [0, 0.05) is 6.04 Å². The van der Waals surface area contributed by atoms with Gasteiger partial charge in [-0.25, -0.2) is 4.39 Å². The monoisotopic (exact) mass is 287 g/mol. The molecule has 0 saturated heterocycles. The number of hydrogen-bond donors (Lipinski definition) is 1. The van der Waals surface area contributed by atoms with Crippen LogP contribution in [0.3, 0.4) is 0 Å². The Bertz CT molecular complexity index is 625. The van der Waals surface area contributed by atoms with Crippen LogP contribution in [-0.2, 0) is 6.42 Å². The summed E-state index contributed by atoms with van der Waals surface area (Å²) < 4.78 is 19.2. The van der Waals surface area contributed by atoms with E-state index in [1.54, 1.807) is 13.2 Å². The van der Waals surface area contributed by atoms with Crippen molar-refractivity contribution in [2.24, 2.45) is 0 Å². The van der Waals surface area contributed by atoms with Crippen LogP contribution in [0.5, 0.6) is 5.75 Å². The van der Waals surface area contributed by atoms with E-state index in [4.69, 9.17) is 4.74 Å². The van der Waals surface area contributed by atoms with Crippen molar-refractivity contribution < 1.29 is 9.13 Å². The number of hydrogen-bond acceptors (Lipinski definition) is 2. The highest BCUT2D eigenvalue weighted by molar-refractivity contribution is 5.43. The third-order valence-corrected chi connectivity index (χ3v) is 3.89. The molecule has 0 saturated carbocycles. The second-order valence-electron chi connectivity index (χ2n) is 5.32. The van der Waals surface area contributed by atoms with Gasteiger partial charge in [0.15, 0.2) is 0 Å². The molecule has 0 aliphatic heterocycles. The summed E-state index contributed by atoms with van der Waals surface area (Å²) in [6.07, 6.45) is 0.621. The maximum Gasteiger partial charge on any atom is 0.126 e. The number of benzene rings is 2. The lowest BCUT2D eigenvalue weighted by Crippen LogP contribution is -2.20. The van der Waals surface area contributed by atoms with Crippen LogP contribution in [0.1, 0.15) is 28.3 Å². The van der Waals surface area contributed by atoms with Crippen molar-refractivity contribution in [3.05, 3.63) is 64.5 Å². The highest BCUT2D eigenvalue weighted by Gasteiger charge is 2.16. The normalized spacial score (nSPS) is 12.2. The molecule has 0 bridgehead atoms. The minimum Gasteiger partial charge on any atom is -0.496 e. The van der Waals surface area contributed by atoms with Gasteiger partial charge in [0.25, 0.3) is 0 Å². The fourth-order valence-corrected chi connectivity index (χ4v) is 2.66. The number of halogens is 1. The predicted octanol–water partition coefficient (Wildman–Crippen LogP) is 3.95. The van der Waals surface area contributed by atoms with Crippen molar-refractivity contribution in [2.45, 2.75) is 26.3 Å². The van der Waals surface area contributed by atoms with Crippen LogP contribution in [0.4, 0.5) is 4.39 Å². The fraction of sp³-hybridized carbons (Fsp3) is 0.333. The summed E-state index contributed by atoms with van der Waals surface area (Å²) >= 11 is 0. The van der Waals surface area contributed by atoms with Crippen molar-refractivity contribution in [3.8, 4) is 5.75 Å². The van der Waals surface area contributed by atoms with Gasteiger partial charge >= 0.3 is 0 Å². The Labute approximate surface area is 126 Å². The van der Waals surface area contributed by atoms with E-state index in [-0.39, 0.29) is 11.9 Å². The van der Waals surface area contributed by atoms with Crippen molar-refractivity contribution in [1.29, 1.82) is 0 Å². The van der Waals surface area contributed by atoms with Crippen LogP contribution in [0.2, 0.25) is 0 Å². The fourth-order valence-electron chi connectivity index (χ4n) is 2.66. The van der Waals surface area contributed by atoms with Crippen molar-refractivity contribution in [1.82, 2.24) is 5.32 Å². The molecule has 0 aromatic heterocycles. The molecule has 0 radical (unpaired) electrons. The SMILES string of the molecule is CNC(Cc1ccccc1F)c1cc(C)c(OC)cc1C. The largest absolute Gasteiger partial charge is 0.496 e. The Kier molecular flexibility index (Phi) is 4.97. The van der Waals surface area contributed by atoms with E-state index >= 15 is 0 Å². The minimum atomic E-state index is -0.152. The Hall–Kier alpha value is -1.87. The second-order valence-corrected chi connectivity index (χ2v) is 5.32. The van der Waals surface area contributed by atoms with Gasteiger partial charge < -0.3 is 10.1 Å². The van der Waals surface area contributed by atoms with Gasteiger partial charge in [0.05, 0.1) is 7.11 Å². The first-order valence-electron chi connectivity index (χ1n) is 7.12. The van der Waals surface area contributed by atoms with Crippen molar-refractivity contribution >= 4 is 0 Å². The van der Waals surface area contributed by atoms with E-state index < -0.39 is 0 Å². The standard InChI is InChI=1S/C18H22FNO/c1-12-10-18(21-4)13(2)9-15(12)17(20-3)11-14-7-5-6-8-16(14)19/h5-10,17,20H,11H2,1-4H3. The topological polar surface area (TPSA) is 21.3 Å². The highest BCUT2D eigenvalue weighted by atomic mass is 19.1. The summed E-state index contributed by atoms with van der Waals surface area (Å²) in [5, 5.41) is 3.29. The number of likely N-dealkylation sites (N-methyl/N-ethyl adjacent to an activating group) is 1. The van der Waals surface area contributed by atoms with Crippen LogP contribution in [-0.4, -0.2) is 14.2 Å². The average molecular weight is 287 g/mol. The molecule has 112 valence electrons. The molecule has 3 heteroatoms. The maximum absolute atomic E-state index is 13.9. The van der Waals surface area contributed by atoms with Crippen LogP contribution >= 0.6 is 0 Å². The molecule has 0 aliphatic carbocycles. The van der Waals surface area contributed by atoms with Gasteiger partial charge in [-0.05, 0) is 61.7 Å². The third-order valence-electron chi connectivity index (χ3n) is 3.89. The Morgan fingerprint density at radius 2 is 1.86 bits per heavy atom. The van der Waals surface area contributed by atoms with E-state index in [0.717, 1.165) is 22.4 Å². The molecule has 0 aliphatic rings. The number of nitrogens with one attached hydrogen (secondary N) is 1. The quantitative estimate of drug-likeness (QED) is 0.899. The average Bonchev–Trinajstić information content (AvgIpc) is 2.48. The predicted molar refractivity (Wildman–Crippen MR) is 84.4 cm³/mol. The van der Waals surface area contributed by atoms with Gasteiger partial charge in [-0.15, -0.1) is 0 Å². The molecule has 1 atom stereocenters. The van der Waals surface area contributed by atoms with Gasteiger partial charge in [0.1, 0.15) is 11.6 Å². The lowest BCUT2D eigenvalue weighted by atomic mass is 9.93. The van der Waals surface area contributed by atoms with E-state index in [0.29, 0.717) is 6.42 Å². The van der Waals surface area contributed by atoms with E-state index in [9.17, 15) is 4.39 Å². The summed E-state index contributed by atoms with van der Waals surface area (Å²) in [6, 6.07) is 11.2. The lowest BCUT2D eigenvalue weighted by Gasteiger charge is -2.21. The first kappa shape index (κ1) is 15.5. The first-order valence-corrected chi connectivity index (χ1v) is 7.12. The van der Waals surface area contributed by atoms with Crippen LogP contribution in [0, 0.1) is 19.7 Å². The van der Waals surface area contributed by atoms with E-state index in [2.05, 4.69) is 18.3 Å². The second kappa shape index (κ2) is 6.72. The summed E-state index contributed by atoms with van der Waals surface area (Å²) in [4.78, 5) is 0. The molecule has 2 aromatic carbocycles. The molecule has 0 fully saturated rings. The smallest absolute Gasteiger partial charge is 0.126 e. The number of aryl methyl sites for hydroxylation is 2. The van der Waals surface area contributed by atoms with Crippen molar-refractivity contribution in [2.75, 3.05) is 14.2 Å². The summed E-state index contributed by atoms with van der Waals surface area (Å²) in [5.74, 6) is 0.734. The molecular formula is C18H22FNO. The lowest BCUT2D eigenvalue weighted by molar-refractivity contribution is 0.410. The van der Waals surface area contributed by atoms with Crippen LogP contribution in [0.15, 0.2) is 36.4 Å². The molecule has 21 heavy (non-hydrogen) atoms. The molecule has 0 amide bonds. The number of ether oxygens (including phenoxy) is 1. The zero-order valence-electron chi connectivity index (χ0n) is 13.0. The zero-order valence-corrected chi connectivity index (χ0v) is 13.0.